The summed E-state index contributed by atoms with van der Waals surface area (Å²) in [7, 11) is 0. The molecule has 0 radical (unpaired) electrons. The first-order valence-electron chi connectivity index (χ1n) is 7.06. The zero-order valence-corrected chi connectivity index (χ0v) is 13.4. The molecule has 0 spiro atoms. The van der Waals surface area contributed by atoms with E-state index in [1.54, 1.807) is 11.3 Å². The molecule has 2 heterocycles. The van der Waals surface area contributed by atoms with Crippen LogP contribution in [0.5, 0.6) is 0 Å². The van der Waals surface area contributed by atoms with Gasteiger partial charge in [0.05, 0.1) is 6.04 Å². The molecule has 1 aliphatic carbocycles. The van der Waals surface area contributed by atoms with Crippen LogP contribution in [0.25, 0.3) is 0 Å². The molecule has 112 valence electrons. The summed E-state index contributed by atoms with van der Waals surface area (Å²) < 4.78 is 0. The van der Waals surface area contributed by atoms with E-state index in [0.717, 1.165) is 25.8 Å². The van der Waals surface area contributed by atoms with Gasteiger partial charge in [-0.2, -0.15) is 0 Å². The van der Waals surface area contributed by atoms with Crippen molar-refractivity contribution in [2.24, 2.45) is 0 Å². The minimum atomic E-state index is -0.127. The highest BCUT2D eigenvalue weighted by atomic mass is 32.1. The lowest BCUT2D eigenvalue weighted by Gasteiger charge is -2.23. The molecule has 0 fully saturated rings. The number of carbonyl (C=O) groups excluding carboxylic acids is 1. The minimum Gasteiger partial charge on any atom is -0.382 e. The molecule has 0 saturated heterocycles. The van der Waals surface area contributed by atoms with Crippen LogP contribution < -0.4 is 16.4 Å². The molecule has 4 N–H and O–H groups in total. The van der Waals surface area contributed by atoms with E-state index < -0.39 is 0 Å². The molecule has 21 heavy (non-hydrogen) atoms. The average Bonchev–Trinajstić information content (AvgIpc) is 3.06. The molecule has 0 bridgehead atoms. The van der Waals surface area contributed by atoms with Crippen molar-refractivity contribution in [1.29, 1.82) is 0 Å². The van der Waals surface area contributed by atoms with Gasteiger partial charge in [0.2, 0.25) is 0 Å². The number of carbonyl (C=O) groups is 1. The van der Waals surface area contributed by atoms with Gasteiger partial charge in [0.25, 0.3) is 5.91 Å². The lowest BCUT2D eigenvalue weighted by molar-refractivity contribution is 0.0937. The Hall–Kier alpha value is -1.60. The smallest absolute Gasteiger partial charge is 0.265 e. The lowest BCUT2D eigenvalue weighted by Crippen LogP contribution is -2.30. The normalized spacial score (nSPS) is 17.3. The fourth-order valence-electron chi connectivity index (χ4n) is 2.58. The fraction of sp³-hybridized carbons (Fsp3) is 0.429. The molecule has 5 nitrogen and oxygen atoms in total. The second-order valence-electron chi connectivity index (χ2n) is 4.98. The first kappa shape index (κ1) is 14.3. The number of nitrogens with zero attached hydrogens (tertiary/aromatic N) is 1. The number of fused-ring (bicyclic) bond motifs is 1. The summed E-state index contributed by atoms with van der Waals surface area (Å²) in [5, 5.41) is 8.98. The van der Waals surface area contributed by atoms with E-state index in [-0.39, 0.29) is 11.9 Å². The summed E-state index contributed by atoms with van der Waals surface area (Å²) in [5.41, 5.74) is 7.11. The Morgan fingerprint density at radius 1 is 1.57 bits per heavy atom. The largest absolute Gasteiger partial charge is 0.382 e. The quantitative estimate of drug-likeness (QED) is 0.808. The maximum atomic E-state index is 12.4. The first-order valence-corrected chi connectivity index (χ1v) is 8.76. The average molecular weight is 322 g/mol. The number of thiazole rings is 1. The van der Waals surface area contributed by atoms with Gasteiger partial charge in [0.15, 0.2) is 5.13 Å². The second kappa shape index (κ2) is 6.03. The van der Waals surface area contributed by atoms with Gasteiger partial charge in [0, 0.05) is 11.4 Å². The Kier molecular flexibility index (Phi) is 4.12. The van der Waals surface area contributed by atoms with Gasteiger partial charge < -0.3 is 16.4 Å². The Balaban J connectivity index is 1.76. The lowest BCUT2D eigenvalue weighted by atomic mass is 9.94. The summed E-state index contributed by atoms with van der Waals surface area (Å²) >= 11 is 3.08. The van der Waals surface area contributed by atoms with Crippen LogP contribution in [0.2, 0.25) is 0 Å². The van der Waals surface area contributed by atoms with Gasteiger partial charge in [-0.05, 0) is 43.2 Å². The third-order valence-corrected chi connectivity index (χ3v) is 5.57. The number of aryl methyl sites for hydroxylation is 1. The number of thiophene rings is 1. The zero-order valence-electron chi connectivity index (χ0n) is 11.8. The van der Waals surface area contributed by atoms with Crippen LogP contribution in [0.4, 0.5) is 10.9 Å². The van der Waals surface area contributed by atoms with Crippen molar-refractivity contribution in [3.63, 3.8) is 0 Å². The van der Waals surface area contributed by atoms with Crippen LogP contribution in [0.15, 0.2) is 11.4 Å². The predicted octanol–water partition coefficient (Wildman–Crippen LogP) is 3.03. The molecular weight excluding hydrogens is 304 g/mol. The third kappa shape index (κ3) is 2.89. The molecule has 7 heteroatoms. The van der Waals surface area contributed by atoms with Crippen LogP contribution in [0.1, 0.15) is 45.9 Å². The first-order chi connectivity index (χ1) is 10.2. The SMILES string of the molecule is CCNc1nc(N)c(C(=O)NC2CCCc3sccc32)s1. The molecule has 1 aliphatic rings. The number of anilines is 2. The number of nitrogen functional groups attached to an aromatic ring is 1. The standard InChI is InChI=1S/C14H18N4OS2/c1-2-16-14-18-12(15)11(21-14)13(19)17-9-4-3-5-10-8(9)6-7-20-10/h6-7,9H,2-5,15H2,1H3,(H,16,18)(H,17,19). The number of nitrogens with two attached hydrogens (primary N) is 1. The summed E-state index contributed by atoms with van der Waals surface area (Å²) in [6, 6.07) is 2.21. The highest BCUT2D eigenvalue weighted by Gasteiger charge is 2.25. The van der Waals surface area contributed by atoms with E-state index >= 15 is 0 Å². The van der Waals surface area contributed by atoms with E-state index in [2.05, 4.69) is 27.1 Å². The van der Waals surface area contributed by atoms with Crippen molar-refractivity contribution < 1.29 is 4.79 Å². The Morgan fingerprint density at radius 3 is 3.24 bits per heavy atom. The Morgan fingerprint density at radius 2 is 2.43 bits per heavy atom. The van der Waals surface area contributed by atoms with Crippen molar-refractivity contribution in [2.75, 3.05) is 17.6 Å². The summed E-state index contributed by atoms with van der Waals surface area (Å²) in [6.07, 6.45) is 3.21. The maximum Gasteiger partial charge on any atom is 0.265 e. The fourth-order valence-corrected chi connectivity index (χ4v) is 4.42. The Labute approximate surface area is 131 Å². The van der Waals surface area contributed by atoms with E-state index in [0.29, 0.717) is 15.8 Å². The topological polar surface area (TPSA) is 80.0 Å². The highest BCUT2D eigenvalue weighted by molar-refractivity contribution is 7.18. The minimum absolute atomic E-state index is 0.0941. The van der Waals surface area contributed by atoms with Gasteiger partial charge in [-0.1, -0.05) is 11.3 Å². The number of aromatic nitrogens is 1. The molecule has 2 aromatic heterocycles. The number of hydrogen-bond donors (Lipinski definition) is 3. The maximum absolute atomic E-state index is 12.4. The van der Waals surface area contributed by atoms with Crippen molar-refractivity contribution in [3.05, 3.63) is 26.8 Å². The van der Waals surface area contributed by atoms with Crippen molar-refractivity contribution in [1.82, 2.24) is 10.3 Å². The predicted molar refractivity (Wildman–Crippen MR) is 88.2 cm³/mol. The van der Waals surface area contributed by atoms with Crippen molar-refractivity contribution >= 4 is 39.5 Å². The number of nitrogens with one attached hydrogen (secondary N) is 2. The zero-order chi connectivity index (χ0) is 14.8. The van der Waals surface area contributed by atoms with Crippen LogP contribution in [0.3, 0.4) is 0 Å². The van der Waals surface area contributed by atoms with Crippen LogP contribution in [0, 0.1) is 0 Å². The highest BCUT2D eigenvalue weighted by Crippen LogP contribution is 2.34. The van der Waals surface area contributed by atoms with Gasteiger partial charge in [-0.15, -0.1) is 11.3 Å². The summed E-state index contributed by atoms with van der Waals surface area (Å²) in [6.45, 7) is 2.74. The molecule has 1 amide bonds. The molecule has 1 atom stereocenters. The van der Waals surface area contributed by atoms with Gasteiger partial charge >= 0.3 is 0 Å². The molecule has 1 unspecified atom stereocenters. The van der Waals surface area contributed by atoms with Gasteiger partial charge in [-0.3, -0.25) is 4.79 Å². The molecular formula is C14H18N4OS2. The second-order valence-corrected chi connectivity index (χ2v) is 6.98. The van der Waals surface area contributed by atoms with Crippen molar-refractivity contribution in [3.8, 4) is 0 Å². The van der Waals surface area contributed by atoms with Crippen LogP contribution in [-0.2, 0) is 6.42 Å². The van der Waals surface area contributed by atoms with Gasteiger partial charge in [0.1, 0.15) is 10.7 Å². The molecule has 0 aromatic carbocycles. The number of amides is 1. The van der Waals surface area contributed by atoms with E-state index in [1.165, 1.54) is 21.8 Å². The molecule has 2 aromatic rings. The summed E-state index contributed by atoms with van der Waals surface area (Å²) in [4.78, 5) is 18.5. The van der Waals surface area contributed by atoms with Crippen molar-refractivity contribution in [2.45, 2.75) is 32.2 Å². The molecule has 0 aliphatic heterocycles. The van der Waals surface area contributed by atoms with E-state index in [1.807, 2.05) is 6.92 Å². The van der Waals surface area contributed by atoms with Crippen LogP contribution >= 0.6 is 22.7 Å². The monoisotopic (exact) mass is 322 g/mol. The third-order valence-electron chi connectivity index (χ3n) is 3.54. The molecule has 0 saturated carbocycles. The van der Waals surface area contributed by atoms with E-state index in [4.69, 9.17) is 5.73 Å². The number of hydrogen-bond acceptors (Lipinski definition) is 6. The van der Waals surface area contributed by atoms with Gasteiger partial charge in [-0.25, -0.2) is 4.98 Å². The Bertz CT molecular complexity index is 649. The number of rotatable bonds is 4. The summed E-state index contributed by atoms with van der Waals surface area (Å²) in [5.74, 6) is 0.174. The van der Waals surface area contributed by atoms with E-state index in [9.17, 15) is 4.79 Å². The van der Waals surface area contributed by atoms with Crippen LogP contribution in [-0.4, -0.2) is 17.4 Å². The molecule has 3 rings (SSSR count).